The minimum Gasteiger partial charge on any atom is -0.302 e. The summed E-state index contributed by atoms with van der Waals surface area (Å²) in [5.41, 5.74) is 2.46. The van der Waals surface area contributed by atoms with Crippen molar-refractivity contribution < 1.29 is 0 Å². The van der Waals surface area contributed by atoms with Crippen LogP contribution in [0.1, 0.15) is 25.3 Å². The number of aromatic nitrogens is 1. The van der Waals surface area contributed by atoms with Crippen molar-refractivity contribution >= 4 is 10.9 Å². The molecule has 0 bridgehead atoms. The van der Waals surface area contributed by atoms with Gasteiger partial charge in [-0.1, -0.05) is 31.5 Å². The first-order valence-electron chi connectivity index (χ1n) is 6.32. The molecule has 2 nitrogen and oxygen atoms in total. The summed E-state index contributed by atoms with van der Waals surface area (Å²) in [5, 5.41) is 1.28. The normalized spacial score (nSPS) is 11.2. The van der Waals surface area contributed by atoms with E-state index in [1.54, 1.807) is 0 Å². The SMILES string of the molecule is CCCCN(C)Cc1ccnc2ccccc12. The average Bonchev–Trinajstić information content (AvgIpc) is 2.37. The zero-order valence-electron chi connectivity index (χ0n) is 10.7. The zero-order chi connectivity index (χ0) is 12.1. The van der Waals surface area contributed by atoms with Crippen LogP contribution >= 0.6 is 0 Å². The van der Waals surface area contributed by atoms with E-state index in [4.69, 9.17) is 0 Å². The number of hydrogen-bond acceptors (Lipinski definition) is 2. The summed E-state index contributed by atoms with van der Waals surface area (Å²) < 4.78 is 0. The Morgan fingerprint density at radius 3 is 2.82 bits per heavy atom. The summed E-state index contributed by atoms with van der Waals surface area (Å²) >= 11 is 0. The summed E-state index contributed by atoms with van der Waals surface area (Å²) in [6, 6.07) is 10.5. The Bertz CT molecular complexity index is 474. The monoisotopic (exact) mass is 228 g/mol. The summed E-state index contributed by atoms with van der Waals surface area (Å²) in [5.74, 6) is 0. The highest BCUT2D eigenvalue weighted by Gasteiger charge is 2.04. The standard InChI is InChI=1S/C15H20N2/c1-3-4-11-17(2)12-13-9-10-16-15-8-6-5-7-14(13)15/h5-10H,3-4,11-12H2,1-2H3. The zero-order valence-corrected chi connectivity index (χ0v) is 10.7. The fourth-order valence-corrected chi connectivity index (χ4v) is 2.09. The Morgan fingerprint density at radius 2 is 2.00 bits per heavy atom. The molecule has 1 aromatic heterocycles. The predicted molar refractivity (Wildman–Crippen MR) is 73.0 cm³/mol. The lowest BCUT2D eigenvalue weighted by Crippen LogP contribution is -2.19. The molecule has 0 aliphatic rings. The van der Waals surface area contributed by atoms with Gasteiger partial charge >= 0.3 is 0 Å². The van der Waals surface area contributed by atoms with Crippen molar-refractivity contribution in [3.8, 4) is 0 Å². The Labute approximate surface area is 103 Å². The molecular formula is C15H20N2. The van der Waals surface area contributed by atoms with Gasteiger partial charge in [0.15, 0.2) is 0 Å². The second-order valence-electron chi connectivity index (χ2n) is 4.58. The van der Waals surface area contributed by atoms with E-state index in [9.17, 15) is 0 Å². The highest BCUT2D eigenvalue weighted by Crippen LogP contribution is 2.17. The fraction of sp³-hybridized carbons (Fsp3) is 0.400. The Balaban J connectivity index is 2.18. The van der Waals surface area contributed by atoms with Crippen LogP contribution < -0.4 is 0 Å². The van der Waals surface area contributed by atoms with Crippen LogP contribution in [0, 0.1) is 0 Å². The van der Waals surface area contributed by atoms with Gasteiger partial charge in [0, 0.05) is 18.1 Å². The van der Waals surface area contributed by atoms with Crippen molar-refractivity contribution in [3.63, 3.8) is 0 Å². The van der Waals surface area contributed by atoms with Gasteiger partial charge in [-0.2, -0.15) is 0 Å². The number of hydrogen-bond donors (Lipinski definition) is 0. The number of nitrogens with zero attached hydrogens (tertiary/aromatic N) is 2. The van der Waals surface area contributed by atoms with Gasteiger partial charge in [-0.05, 0) is 37.7 Å². The van der Waals surface area contributed by atoms with Gasteiger partial charge in [0.1, 0.15) is 0 Å². The minimum atomic E-state index is 1.00. The number of unbranched alkanes of at least 4 members (excludes halogenated alkanes) is 1. The van der Waals surface area contributed by atoms with Gasteiger partial charge in [-0.25, -0.2) is 0 Å². The molecule has 0 radical (unpaired) electrons. The molecular weight excluding hydrogens is 208 g/mol. The molecule has 0 aliphatic heterocycles. The molecule has 2 aromatic rings. The van der Waals surface area contributed by atoms with E-state index < -0.39 is 0 Å². The van der Waals surface area contributed by atoms with Crippen LogP contribution in [0.25, 0.3) is 10.9 Å². The van der Waals surface area contributed by atoms with E-state index in [1.165, 1.54) is 23.8 Å². The predicted octanol–water partition coefficient (Wildman–Crippen LogP) is 3.47. The molecule has 0 fully saturated rings. The first kappa shape index (κ1) is 12.1. The number of fused-ring (bicyclic) bond motifs is 1. The molecule has 0 amide bonds. The van der Waals surface area contributed by atoms with Crippen LogP contribution in [0.3, 0.4) is 0 Å². The maximum absolute atomic E-state index is 4.39. The molecule has 0 aliphatic carbocycles. The van der Waals surface area contributed by atoms with Gasteiger partial charge < -0.3 is 4.90 Å². The highest BCUT2D eigenvalue weighted by atomic mass is 15.1. The van der Waals surface area contributed by atoms with Gasteiger partial charge in [-0.15, -0.1) is 0 Å². The molecule has 17 heavy (non-hydrogen) atoms. The summed E-state index contributed by atoms with van der Waals surface area (Å²) in [4.78, 5) is 6.77. The van der Waals surface area contributed by atoms with Crippen LogP contribution in [0.15, 0.2) is 36.5 Å². The third-order valence-electron chi connectivity index (χ3n) is 3.07. The van der Waals surface area contributed by atoms with Crippen LogP contribution in [-0.2, 0) is 6.54 Å². The quantitative estimate of drug-likeness (QED) is 0.779. The smallest absolute Gasteiger partial charge is 0.0705 e. The maximum Gasteiger partial charge on any atom is 0.0705 e. The Hall–Kier alpha value is -1.41. The lowest BCUT2D eigenvalue weighted by atomic mass is 10.1. The molecule has 0 spiro atoms. The molecule has 0 saturated carbocycles. The van der Waals surface area contributed by atoms with Gasteiger partial charge in [0.25, 0.3) is 0 Å². The van der Waals surface area contributed by atoms with Crippen LogP contribution in [-0.4, -0.2) is 23.5 Å². The van der Waals surface area contributed by atoms with E-state index in [0.717, 1.165) is 18.6 Å². The summed E-state index contributed by atoms with van der Waals surface area (Å²) in [6.07, 6.45) is 4.42. The fourth-order valence-electron chi connectivity index (χ4n) is 2.09. The number of benzene rings is 1. The van der Waals surface area contributed by atoms with Crippen molar-refractivity contribution in [2.45, 2.75) is 26.3 Å². The lowest BCUT2D eigenvalue weighted by Gasteiger charge is -2.17. The minimum absolute atomic E-state index is 1.00. The molecule has 0 N–H and O–H groups in total. The van der Waals surface area contributed by atoms with Crippen molar-refractivity contribution in [2.24, 2.45) is 0 Å². The number of pyridine rings is 1. The number of para-hydroxylation sites is 1. The van der Waals surface area contributed by atoms with E-state index >= 15 is 0 Å². The molecule has 1 aromatic carbocycles. The summed E-state index contributed by atoms with van der Waals surface area (Å²) in [7, 11) is 2.19. The van der Waals surface area contributed by atoms with Gasteiger partial charge in [0.2, 0.25) is 0 Å². The molecule has 2 heteroatoms. The molecule has 0 atom stereocenters. The largest absolute Gasteiger partial charge is 0.302 e. The van der Waals surface area contributed by atoms with Gasteiger partial charge in [-0.3, -0.25) is 4.98 Å². The van der Waals surface area contributed by atoms with Crippen molar-refractivity contribution in [3.05, 3.63) is 42.1 Å². The molecule has 1 heterocycles. The van der Waals surface area contributed by atoms with Crippen LogP contribution in [0.2, 0.25) is 0 Å². The van der Waals surface area contributed by atoms with Crippen molar-refractivity contribution in [1.82, 2.24) is 9.88 Å². The van der Waals surface area contributed by atoms with E-state index in [-0.39, 0.29) is 0 Å². The molecule has 0 saturated heterocycles. The van der Waals surface area contributed by atoms with Crippen molar-refractivity contribution in [1.29, 1.82) is 0 Å². The van der Waals surface area contributed by atoms with Crippen molar-refractivity contribution in [2.75, 3.05) is 13.6 Å². The van der Waals surface area contributed by atoms with E-state index in [1.807, 2.05) is 12.3 Å². The third-order valence-corrected chi connectivity index (χ3v) is 3.07. The second-order valence-corrected chi connectivity index (χ2v) is 4.58. The van der Waals surface area contributed by atoms with E-state index in [2.05, 4.69) is 48.1 Å². The van der Waals surface area contributed by atoms with Crippen LogP contribution in [0.4, 0.5) is 0 Å². The first-order valence-corrected chi connectivity index (χ1v) is 6.32. The van der Waals surface area contributed by atoms with Gasteiger partial charge in [0.05, 0.1) is 5.52 Å². The van der Waals surface area contributed by atoms with Crippen LogP contribution in [0.5, 0.6) is 0 Å². The lowest BCUT2D eigenvalue weighted by molar-refractivity contribution is 0.322. The van der Waals surface area contributed by atoms with E-state index in [0.29, 0.717) is 0 Å². The maximum atomic E-state index is 4.39. The highest BCUT2D eigenvalue weighted by molar-refractivity contribution is 5.81. The number of rotatable bonds is 5. The Kier molecular flexibility index (Phi) is 4.10. The first-order chi connectivity index (χ1) is 8.31. The Morgan fingerprint density at radius 1 is 1.18 bits per heavy atom. The molecule has 2 rings (SSSR count). The summed E-state index contributed by atoms with van der Waals surface area (Å²) in [6.45, 7) is 4.39. The third kappa shape index (κ3) is 3.04. The molecule has 0 unspecified atom stereocenters. The second kappa shape index (κ2) is 5.78. The topological polar surface area (TPSA) is 16.1 Å². The molecule has 90 valence electrons. The average molecular weight is 228 g/mol.